The molecular weight excluding hydrogens is 263 g/mol. The molecule has 1 aliphatic rings. The molecular formula is C18H21FN2. The summed E-state index contributed by atoms with van der Waals surface area (Å²) in [6.45, 7) is 2.80. The topological polar surface area (TPSA) is 29.3 Å². The van der Waals surface area contributed by atoms with Crippen LogP contribution in [-0.2, 0) is 12.1 Å². The summed E-state index contributed by atoms with van der Waals surface area (Å²) < 4.78 is 13.1. The van der Waals surface area contributed by atoms with E-state index in [4.69, 9.17) is 5.73 Å². The van der Waals surface area contributed by atoms with Gasteiger partial charge in [-0.1, -0.05) is 42.5 Å². The van der Waals surface area contributed by atoms with Gasteiger partial charge in [-0.15, -0.1) is 0 Å². The van der Waals surface area contributed by atoms with E-state index in [0.29, 0.717) is 0 Å². The van der Waals surface area contributed by atoms with E-state index in [1.165, 1.54) is 17.7 Å². The van der Waals surface area contributed by atoms with Crippen LogP contribution >= 0.6 is 0 Å². The second-order valence-corrected chi connectivity index (χ2v) is 5.96. The molecule has 0 spiro atoms. The molecule has 1 saturated heterocycles. The molecule has 1 heterocycles. The van der Waals surface area contributed by atoms with Crippen LogP contribution in [0.5, 0.6) is 0 Å². The molecule has 2 aromatic rings. The summed E-state index contributed by atoms with van der Waals surface area (Å²) in [5, 5.41) is 0. The van der Waals surface area contributed by atoms with Crippen LogP contribution in [0.2, 0.25) is 0 Å². The van der Waals surface area contributed by atoms with Crippen molar-refractivity contribution in [3.05, 3.63) is 71.5 Å². The molecule has 0 aliphatic carbocycles. The smallest absolute Gasteiger partial charge is 0.123 e. The van der Waals surface area contributed by atoms with Crippen molar-refractivity contribution in [3.8, 4) is 0 Å². The zero-order valence-corrected chi connectivity index (χ0v) is 12.1. The van der Waals surface area contributed by atoms with Crippen LogP contribution in [0, 0.1) is 5.82 Å². The van der Waals surface area contributed by atoms with Crippen LogP contribution in [0.4, 0.5) is 4.39 Å². The highest BCUT2D eigenvalue weighted by molar-refractivity contribution is 5.26. The van der Waals surface area contributed by atoms with Crippen molar-refractivity contribution in [1.82, 2.24) is 4.90 Å². The molecule has 0 aromatic heterocycles. The second-order valence-electron chi connectivity index (χ2n) is 5.96. The Bertz CT molecular complexity index is 582. The van der Waals surface area contributed by atoms with Crippen LogP contribution in [0.1, 0.15) is 24.0 Å². The minimum Gasteiger partial charge on any atom is -0.320 e. The van der Waals surface area contributed by atoms with Gasteiger partial charge in [-0.3, -0.25) is 4.90 Å². The highest BCUT2D eigenvalue weighted by Gasteiger charge is 2.33. The van der Waals surface area contributed by atoms with E-state index in [2.05, 4.69) is 29.2 Å². The molecule has 2 aromatic carbocycles. The lowest BCUT2D eigenvalue weighted by molar-refractivity contribution is 0.142. The predicted octanol–water partition coefficient (Wildman–Crippen LogP) is 3.28. The quantitative estimate of drug-likeness (QED) is 0.937. The summed E-state index contributed by atoms with van der Waals surface area (Å²) in [6, 6.07) is 17.1. The van der Waals surface area contributed by atoms with Crippen LogP contribution in [0.25, 0.3) is 0 Å². The summed E-state index contributed by atoms with van der Waals surface area (Å²) in [5.41, 5.74) is 8.57. The van der Waals surface area contributed by atoms with Gasteiger partial charge in [0, 0.05) is 13.1 Å². The van der Waals surface area contributed by atoms with Gasteiger partial charge in [0.1, 0.15) is 5.82 Å². The summed E-state index contributed by atoms with van der Waals surface area (Å²) >= 11 is 0. The third-order valence-corrected chi connectivity index (χ3v) is 4.27. The van der Waals surface area contributed by atoms with Crippen molar-refractivity contribution < 1.29 is 4.39 Å². The van der Waals surface area contributed by atoms with Gasteiger partial charge >= 0.3 is 0 Å². The number of halogens is 1. The lowest BCUT2D eigenvalue weighted by Crippen LogP contribution is -2.51. The van der Waals surface area contributed by atoms with Crippen LogP contribution in [0.3, 0.4) is 0 Å². The molecule has 2 N–H and O–H groups in total. The first-order valence-electron chi connectivity index (χ1n) is 7.47. The Morgan fingerprint density at radius 2 is 1.76 bits per heavy atom. The molecule has 1 aliphatic heterocycles. The molecule has 110 valence electrons. The zero-order chi connectivity index (χ0) is 14.7. The first kappa shape index (κ1) is 14.2. The largest absolute Gasteiger partial charge is 0.320 e. The molecule has 21 heavy (non-hydrogen) atoms. The number of rotatable bonds is 3. The molecule has 0 bridgehead atoms. The van der Waals surface area contributed by atoms with Gasteiger partial charge in [0.25, 0.3) is 0 Å². The highest BCUT2D eigenvalue weighted by Crippen LogP contribution is 2.30. The lowest BCUT2D eigenvalue weighted by atomic mass is 9.83. The summed E-state index contributed by atoms with van der Waals surface area (Å²) in [7, 11) is 0. The second kappa shape index (κ2) is 5.96. The molecule has 2 nitrogen and oxygen atoms in total. The van der Waals surface area contributed by atoms with Crippen molar-refractivity contribution in [1.29, 1.82) is 0 Å². The monoisotopic (exact) mass is 284 g/mol. The van der Waals surface area contributed by atoms with Gasteiger partial charge in [0.2, 0.25) is 0 Å². The van der Waals surface area contributed by atoms with E-state index < -0.39 is 0 Å². The Labute approximate surface area is 125 Å². The number of nitrogens with two attached hydrogens (primary N) is 1. The maximum absolute atomic E-state index is 13.1. The van der Waals surface area contributed by atoms with Gasteiger partial charge in [-0.2, -0.15) is 0 Å². The number of piperidine rings is 1. The van der Waals surface area contributed by atoms with Crippen molar-refractivity contribution in [3.63, 3.8) is 0 Å². The third-order valence-electron chi connectivity index (χ3n) is 4.27. The molecule has 0 saturated carbocycles. The van der Waals surface area contributed by atoms with E-state index in [1.54, 1.807) is 0 Å². The lowest BCUT2D eigenvalue weighted by Gasteiger charge is -2.40. The van der Waals surface area contributed by atoms with Crippen molar-refractivity contribution in [2.24, 2.45) is 5.73 Å². The minimum atomic E-state index is -0.374. The fourth-order valence-corrected chi connectivity index (χ4v) is 3.17. The molecule has 3 rings (SSSR count). The molecule has 1 atom stereocenters. The fourth-order valence-electron chi connectivity index (χ4n) is 3.17. The number of likely N-dealkylation sites (tertiary alicyclic amines) is 1. The summed E-state index contributed by atoms with van der Waals surface area (Å²) in [6.07, 6.45) is 2.02. The van der Waals surface area contributed by atoms with E-state index in [1.807, 2.05) is 18.2 Å². The normalized spacial score (nSPS) is 23.1. The van der Waals surface area contributed by atoms with Crippen molar-refractivity contribution in [2.45, 2.75) is 24.9 Å². The number of hydrogen-bond acceptors (Lipinski definition) is 2. The van der Waals surface area contributed by atoms with Gasteiger partial charge in [-0.05, 0) is 42.6 Å². The maximum atomic E-state index is 13.1. The number of nitrogens with zero attached hydrogens (tertiary/aromatic N) is 1. The maximum Gasteiger partial charge on any atom is 0.123 e. The van der Waals surface area contributed by atoms with Crippen molar-refractivity contribution in [2.75, 3.05) is 13.1 Å². The van der Waals surface area contributed by atoms with Crippen LogP contribution in [-0.4, -0.2) is 18.0 Å². The standard InChI is InChI=1S/C18H21FN2/c19-17-9-7-16(8-10-17)18(20)11-4-12-21(14-18)13-15-5-2-1-3-6-15/h1-3,5-10H,4,11-14,20H2. The molecule has 1 fully saturated rings. The van der Waals surface area contributed by atoms with E-state index in [9.17, 15) is 4.39 Å². The molecule has 0 amide bonds. The SMILES string of the molecule is NC1(c2ccc(F)cc2)CCCN(Cc2ccccc2)C1. The van der Waals surface area contributed by atoms with E-state index >= 15 is 0 Å². The van der Waals surface area contributed by atoms with Crippen molar-refractivity contribution >= 4 is 0 Å². The Morgan fingerprint density at radius 1 is 1.05 bits per heavy atom. The Kier molecular flexibility index (Phi) is 4.04. The average Bonchev–Trinajstić information content (AvgIpc) is 2.49. The van der Waals surface area contributed by atoms with Crippen LogP contribution in [0.15, 0.2) is 54.6 Å². The Hall–Kier alpha value is -1.71. The fraction of sp³-hybridized carbons (Fsp3) is 0.333. The third kappa shape index (κ3) is 3.31. The molecule has 3 heteroatoms. The molecule has 1 unspecified atom stereocenters. The molecule has 0 radical (unpaired) electrons. The first-order valence-corrected chi connectivity index (χ1v) is 7.47. The summed E-state index contributed by atoms with van der Waals surface area (Å²) in [4.78, 5) is 2.39. The van der Waals surface area contributed by atoms with Crippen LogP contribution < -0.4 is 5.73 Å². The van der Waals surface area contributed by atoms with Gasteiger partial charge in [0.15, 0.2) is 0 Å². The van der Waals surface area contributed by atoms with Gasteiger partial charge in [0.05, 0.1) is 5.54 Å². The summed E-state index contributed by atoms with van der Waals surface area (Å²) in [5.74, 6) is -0.209. The zero-order valence-electron chi connectivity index (χ0n) is 12.1. The highest BCUT2D eigenvalue weighted by atomic mass is 19.1. The van der Waals surface area contributed by atoms with E-state index in [-0.39, 0.29) is 11.4 Å². The predicted molar refractivity (Wildman–Crippen MR) is 83.2 cm³/mol. The number of benzene rings is 2. The average molecular weight is 284 g/mol. The van der Waals surface area contributed by atoms with Gasteiger partial charge < -0.3 is 5.73 Å². The van der Waals surface area contributed by atoms with E-state index in [0.717, 1.165) is 38.0 Å². The Morgan fingerprint density at radius 3 is 2.48 bits per heavy atom. The van der Waals surface area contributed by atoms with Gasteiger partial charge in [-0.25, -0.2) is 4.39 Å². The number of hydrogen-bond donors (Lipinski definition) is 1. The minimum absolute atomic E-state index is 0.209. The first-order chi connectivity index (χ1) is 10.2. The Balaban J connectivity index is 1.74.